The summed E-state index contributed by atoms with van der Waals surface area (Å²) in [6.07, 6.45) is 6.64. The summed E-state index contributed by atoms with van der Waals surface area (Å²) in [6, 6.07) is 0.733. The molecule has 1 heterocycles. The van der Waals surface area contributed by atoms with Crippen molar-refractivity contribution in [3.63, 3.8) is 0 Å². The molecule has 1 N–H and O–H groups in total. The van der Waals surface area contributed by atoms with Gasteiger partial charge in [0.1, 0.15) is 0 Å². The Bertz CT molecular complexity index is 203. The smallest absolute Gasteiger partial charge is 0.0244 e. The van der Waals surface area contributed by atoms with Gasteiger partial charge in [0.2, 0.25) is 0 Å². The quantitative estimate of drug-likeness (QED) is 0.733. The number of nitrogens with one attached hydrogen (secondary N) is 1. The zero-order valence-corrected chi connectivity index (χ0v) is 11.5. The molecule has 0 aliphatic carbocycles. The molecule has 4 heteroatoms. The highest BCUT2D eigenvalue weighted by Gasteiger charge is 2.17. The van der Waals surface area contributed by atoms with E-state index in [2.05, 4.69) is 17.1 Å². The van der Waals surface area contributed by atoms with Gasteiger partial charge >= 0.3 is 0 Å². The van der Waals surface area contributed by atoms with E-state index in [0.717, 1.165) is 31.3 Å². The Labute approximate surface area is 102 Å². The number of piperidine rings is 1. The predicted molar refractivity (Wildman–Crippen MR) is 71.3 cm³/mol. The Morgan fingerprint density at radius 1 is 1.38 bits per heavy atom. The number of rotatable bonds is 7. The molecular weight excluding hydrogens is 220 g/mol. The van der Waals surface area contributed by atoms with E-state index in [0.29, 0.717) is 0 Å². The lowest BCUT2D eigenvalue weighted by molar-refractivity contribution is 0.199. The molecule has 0 bridgehead atoms. The molecule has 16 heavy (non-hydrogen) atoms. The monoisotopic (exact) mass is 246 g/mol. The Balaban J connectivity index is 2.05. The van der Waals surface area contributed by atoms with Crippen LogP contribution in [0.5, 0.6) is 0 Å². The molecule has 1 rings (SSSR count). The number of hydrogen-bond acceptors (Lipinski definition) is 3. The fourth-order valence-electron chi connectivity index (χ4n) is 2.20. The van der Waals surface area contributed by atoms with Crippen LogP contribution >= 0.6 is 0 Å². The van der Waals surface area contributed by atoms with Gasteiger partial charge in [0.15, 0.2) is 0 Å². The third kappa shape index (κ3) is 5.97. The predicted octanol–water partition coefficient (Wildman–Crippen LogP) is 1.22. The topological polar surface area (TPSA) is 32.3 Å². The van der Waals surface area contributed by atoms with Gasteiger partial charge in [-0.15, -0.1) is 0 Å². The van der Waals surface area contributed by atoms with E-state index < -0.39 is 10.8 Å². The first-order valence-electron chi connectivity index (χ1n) is 6.48. The highest BCUT2D eigenvalue weighted by molar-refractivity contribution is 7.84. The van der Waals surface area contributed by atoms with Gasteiger partial charge in [-0.1, -0.05) is 6.92 Å². The van der Waals surface area contributed by atoms with Crippen LogP contribution in [0.2, 0.25) is 0 Å². The zero-order valence-electron chi connectivity index (χ0n) is 10.7. The molecule has 0 saturated carbocycles. The molecule has 1 fully saturated rings. The summed E-state index contributed by atoms with van der Waals surface area (Å²) in [6.45, 7) is 6.90. The fourth-order valence-corrected chi connectivity index (χ4v) is 2.74. The maximum absolute atomic E-state index is 10.9. The average Bonchev–Trinajstić information content (AvgIpc) is 2.27. The van der Waals surface area contributed by atoms with Crippen molar-refractivity contribution in [1.29, 1.82) is 0 Å². The van der Waals surface area contributed by atoms with E-state index >= 15 is 0 Å². The van der Waals surface area contributed by atoms with Gasteiger partial charge in [-0.2, -0.15) is 0 Å². The molecule has 96 valence electrons. The minimum Gasteiger partial charge on any atom is -0.314 e. The second kappa shape index (κ2) is 8.20. The summed E-state index contributed by atoms with van der Waals surface area (Å²) >= 11 is 0. The molecule has 3 nitrogen and oxygen atoms in total. The summed E-state index contributed by atoms with van der Waals surface area (Å²) < 4.78 is 10.9. The summed E-state index contributed by atoms with van der Waals surface area (Å²) in [5.41, 5.74) is 0. The normalized spacial score (nSPS) is 21.1. The third-order valence-electron chi connectivity index (χ3n) is 3.18. The molecule has 1 unspecified atom stereocenters. The molecule has 0 amide bonds. The maximum atomic E-state index is 10.9. The van der Waals surface area contributed by atoms with Crippen LogP contribution in [0.1, 0.15) is 32.6 Å². The molecule has 0 aromatic rings. The van der Waals surface area contributed by atoms with Crippen LogP contribution in [0.15, 0.2) is 0 Å². The van der Waals surface area contributed by atoms with Crippen molar-refractivity contribution in [3.05, 3.63) is 0 Å². The van der Waals surface area contributed by atoms with E-state index in [1.165, 1.54) is 32.4 Å². The summed E-state index contributed by atoms with van der Waals surface area (Å²) in [7, 11) is -0.620. The molecule has 1 aliphatic rings. The Morgan fingerprint density at radius 3 is 2.62 bits per heavy atom. The Kier molecular flexibility index (Phi) is 7.25. The van der Waals surface area contributed by atoms with Crippen molar-refractivity contribution >= 4 is 10.8 Å². The van der Waals surface area contributed by atoms with Crippen molar-refractivity contribution in [3.8, 4) is 0 Å². The van der Waals surface area contributed by atoms with Crippen LogP contribution in [-0.2, 0) is 10.8 Å². The lowest BCUT2D eigenvalue weighted by Gasteiger charge is -2.32. The van der Waals surface area contributed by atoms with E-state index in [-0.39, 0.29) is 0 Å². The van der Waals surface area contributed by atoms with Crippen molar-refractivity contribution < 1.29 is 4.21 Å². The SMILES string of the molecule is CCCNC1CCN(CCCS(C)=O)CC1. The van der Waals surface area contributed by atoms with Crippen LogP contribution in [0.4, 0.5) is 0 Å². The largest absolute Gasteiger partial charge is 0.314 e. The lowest BCUT2D eigenvalue weighted by atomic mass is 10.0. The fraction of sp³-hybridized carbons (Fsp3) is 1.00. The van der Waals surface area contributed by atoms with Crippen LogP contribution < -0.4 is 5.32 Å². The summed E-state index contributed by atoms with van der Waals surface area (Å²) in [4.78, 5) is 2.51. The second-order valence-electron chi connectivity index (χ2n) is 4.70. The molecular formula is C12H26N2OS. The lowest BCUT2D eigenvalue weighted by Crippen LogP contribution is -2.43. The maximum Gasteiger partial charge on any atom is 0.0244 e. The van der Waals surface area contributed by atoms with Gasteiger partial charge in [-0.25, -0.2) is 0 Å². The summed E-state index contributed by atoms with van der Waals surface area (Å²) in [5, 5.41) is 3.59. The van der Waals surface area contributed by atoms with Gasteiger partial charge in [-0.3, -0.25) is 4.21 Å². The van der Waals surface area contributed by atoms with Gasteiger partial charge < -0.3 is 10.2 Å². The van der Waals surface area contributed by atoms with Crippen molar-refractivity contribution in [2.45, 2.75) is 38.6 Å². The van der Waals surface area contributed by atoms with Crippen LogP contribution in [0.3, 0.4) is 0 Å². The van der Waals surface area contributed by atoms with Crippen molar-refractivity contribution in [2.75, 3.05) is 38.2 Å². The van der Waals surface area contributed by atoms with E-state index in [9.17, 15) is 4.21 Å². The molecule has 0 radical (unpaired) electrons. The van der Waals surface area contributed by atoms with Gasteiger partial charge in [-0.05, 0) is 51.9 Å². The van der Waals surface area contributed by atoms with Gasteiger partial charge in [0, 0.05) is 28.9 Å². The van der Waals surface area contributed by atoms with Crippen LogP contribution in [0, 0.1) is 0 Å². The first-order chi connectivity index (χ1) is 7.72. The molecule has 1 saturated heterocycles. The Hall–Kier alpha value is 0.0700. The number of nitrogens with zero attached hydrogens (tertiary/aromatic N) is 1. The van der Waals surface area contributed by atoms with Crippen molar-refractivity contribution in [2.24, 2.45) is 0 Å². The molecule has 0 aromatic heterocycles. The van der Waals surface area contributed by atoms with Crippen LogP contribution in [-0.4, -0.2) is 53.3 Å². The van der Waals surface area contributed by atoms with E-state index in [1.54, 1.807) is 6.26 Å². The van der Waals surface area contributed by atoms with Gasteiger partial charge in [0.05, 0.1) is 0 Å². The minimum absolute atomic E-state index is 0.620. The van der Waals surface area contributed by atoms with E-state index in [1.807, 2.05) is 0 Å². The highest BCUT2D eigenvalue weighted by atomic mass is 32.2. The minimum atomic E-state index is -0.620. The molecule has 1 atom stereocenters. The molecule has 0 aromatic carbocycles. The standard InChI is InChI=1S/C12H26N2OS/c1-3-7-13-12-5-9-14(10-6-12)8-4-11-16(2)15/h12-13H,3-11H2,1-2H3. The average molecular weight is 246 g/mol. The van der Waals surface area contributed by atoms with Gasteiger partial charge in [0.25, 0.3) is 0 Å². The summed E-state index contributed by atoms with van der Waals surface area (Å²) in [5.74, 6) is 0.855. The third-order valence-corrected chi connectivity index (χ3v) is 4.04. The van der Waals surface area contributed by atoms with Crippen LogP contribution in [0.25, 0.3) is 0 Å². The van der Waals surface area contributed by atoms with E-state index in [4.69, 9.17) is 0 Å². The number of likely N-dealkylation sites (tertiary alicyclic amines) is 1. The van der Waals surface area contributed by atoms with Crippen molar-refractivity contribution in [1.82, 2.24) is 10.2 Å². The molecule has 1 aliphatic heterocycles. The second-order valence-corrected chi connectivity index (χ2v) is 6.26. The highest BCUT2D eigenvalue weighted by Crippen LogP contribution is 2.10. The Morgan fingerprint density at radius 2 is 2.06 bits per heavy atom. The first-order valence-corrected chi connectivity index (χ1v) is 8.21. The molecule has 0 spiro atoms. The first kappa shape index (κ1) is 14.1. The zero-order chi connectivity index (χ0) is 11.8. The number of hydrogen-bond donors (Lipinski definition) is 1.